The van der Waals surface area contributed by atoms with Crippen LogP contribution in [0.15, 0.2) is 24.3 Å². The van der Waals surface area contributed by atoms with Crippen LogP contribution in [0.1, 0.15) is 32.8 Å². The van der Waals surface area contributed by atoms with Crippen LogP contribution in [0, 0.1) is 0 Å². The summed E-state index contributed by atoms with van der Waals surface area (Å²) >= 11 is 0. The highest BCUT2D eigenvalue weighted by Crippen LogP contribution is 2.13. The standard InChI is InChI=1S/C15H24N2O2/c1-11(2)17-15(18)8-9-19-14-6-4-13(5-7-14)10-12(3)16/h4-7,11-12H,8-10,16H2,1-3H3,(H,17,18). The predicted molar refractivity (Wildman–Crippen MR) is 77.2 cm³/mol. The molecular formula is C15H24N2O2. The SMILES string of the molecule is CC(N)Cc1ccc(OCCC(=O)NC(C)C)cc1. The fourth-order valence-electron chi connectivity index (χ4n) is 1.75. The molecule has 1 aromatic carbocycles. The number of carbonyl (C=O) groups is 1. The van der Waals surface area contributed by atoms with Gasteiger partial charge in [0.15, 0.2) is 0 Å². The molecule has 1 rings (SSSR count). The largest absolute Gasteiger partial charge is 0.493 e. The molecule has 106 valence electrons. The Bertz CT molecular complexity index is 386. The van der Waals surface area contributed by atoms with Gasteiger partial charge in [-0.25, -0.2) is 0 Å². The summed E-state index contributed by atoms with van der Waals surface area (Å²) in [5.41, 5.74) is 6.93. The van der Waals surface area contributed by atoms with E-state index in [0.717, 1.165) is 12.2 Å². The van der Waals surface area contributed by atoms with Gasteiger partial charge in [-0.2, -0.15) is 0 Å². The molecule has 0 aliphatic carbocycles. The second-order valence-electron chi connectivity index (χ2n) is 5.15. The minimum Gasteiger partial charge on any atom is -0.493 e. The molecule has 0 saturated heterocycles. The van der Waals surface area contributed by atoms with Gasteiger partial charge in [-0.1, -0.05) is 12.1 Å². The summed E-state index contributed by atoms with van der Waals surface area (Å²) in [4.78, 5) is 11.4. The average molecular weight is 264 g/mol. The van der Waals surface area contributed by atoms with E-state index in [2.05, 4.69) is 5.32 Å². The number of rotatable bonds is 7. The highest BCUT2D eigenvalue weighted by Gasteiger charge is 2.04. The normalized spacial score (nSPS) is 12.3. The van der Waals surface area contributed by atoms with Crippen molar-refractivity contribution in [3.05, 3.63) is 29.8 Å². The molecule has 1 unspecified atom stereocenters. The van der Waals surface area contributed by atoms with Gasteiger partial charge in [0.25, 0.3) is 0 Å². The van der Waals surface area contributed by atoms with Crippen molar-refractivity contribution in [2.24, 2.45) is 5.73 Å². The van der Waals surface area contributed by atoms with Crippen molar-refractivity contribution in [3.8, 4) is 5.75 Å². The molecule has 0 aromatic heterocycles. The van der Waals surface area contributed by atoms with Crippen LogP contribution < -0.4 is 15.8 Å². The molecule has 0 heterocycles. The highest BCUT2D eigenvalue weighted by atomic mass is 16.5. The number of amides is 1. The molecule has 1 aromatic rings. The van der Waals surface area contributed by atoms with Gasteiger partial charge in [0.1, 0.15) is 5.75 Å². The first-order valence-electron chi connectivity index (χ1n) is 6.74. The Morgan fingerprint density at radius 3 is 2.42 bits per heavy atom. The molecule has 0 fully saturated rings. The van der Waals surface area contributed by atoms with Crippen molar-refractivity contribution in [3.63, 3.8) is 0 Å². The first-order chi connectivity index (χ1) is 8.97. The third-order valence-electron chi connectivity index (χ3n) is 2.53. The molecule has 0 aliphatic heterocycles. The molecule has 0 radical (unpaired) electrons. The number of hydrogen-bond donors (Lipinski definition) is 2. The summed E-state index contributed by atoms with van der Waals surface area (Å²) in [6.07, 6.45) is 1.23. The maximum Gasteiger partial charge on any atom is 0.223 e. The lowest BCUT2D eigenvalue weighted by atomic mass is 10.1. The molecule has 4 nitrogen and oxygen atoms in total. The minimum absolute atomic E-state index is 0.0172. The van der Waals surface area contributed by atoms with Gasteiger partial charge in [-0.3, -0.25) is 4.79 Å². The van der Waals surface area contributed by atoms with E-state index in [0.29, 0.717) is 13.0 Å². The summed E-state index contributed by atoms with van der Waals surface area (Å²) in [6, 6.07) is 8.17. The average Bonchev–Trinajstić information content (AvgIpc) is 2.29. The molecule has 0 spiro atoms. The van der Waals surface area contributed by atoms with E-state index in [9.17, 15) is 4.79 Å². The van der Waals surface area contributed by atoms with Gasteiger partial charge in [-0.05, 0) is 44.9 Å². The molecular weight excluding hydrogens is 240 g/mol. The van der Waals surface area contributed by atoms with E-state index in [1.807, 2.05) is 45.0 Å². The van der Waals surface area contributed by atoms with Crippen LogP contribution in [-0.2, 0) is 11.2 Å². The minimum atomic E-state index is 0.0172. The summed E-state index contributed by atoms with van der Waals surface area (Å²) in [5.74, 6) is 0.800. The van der Waals surface area contributed by atoms with Crippen LogP contribution in [0.4, 0.5) is 0 Å². The van der Waals surface area contributed by atoms with Crippen molar-refractivity contribution in [1.82, 2.24) is 5.32 Å². The summed E-state index contributed by atoms with van der Waals surface area (Å²) in [6.45, 7) is 6.26. The zero-order chi connectivity index (χ0) is 14.3. The van der Waals surface area contributed by atoms with Crippen molar-refractivity contribution >= 4 is 5.91 Å². The second-order valence-corrected chi connectivity index (χ2v) is 5.15. The number of hydrogen-bond acceptors (Lipinski definition) is 3. The Morgan fingerprint density at radius 2 is 1.89 bits per heavy atom. The van der Waals surface area contributed by atoms with Gasteiger partial charge < -0.3 is 15.8 Å². The van der Waals surface area contributed by atoms with Gasteiger partial charge in [0.2, 0.25) is 5.91 Å². The third-order valence-corrected chi connectivity index (χ3v) is 2.53. The smallest absolute Gasteiger partial charge is 0.223 e. The van der Waals surface area contributed by atoms with Gasteiger partial charge >= 0.3 is 0 Å². The second kappa shape index (κ2) is 7.79. The molecule has 4 heteroatoms. The molecule has 1 amide bonds. The summed E-state index contributed by atoms with van der Waals surface area (Å²) in [5, 5.41) is 2.83. The topological polar surface area (TPSA) is 64.3 Å². The van der Waals surface area contributed by atoms with Crippen LogP contribution in [0.3, 0.4) is 0 Å². The number of benzene rings is 1. The first kappa shape index (κ1) is 15.5. The van der Waals surface area contributed by atoms with Crippen molar-refractivity contribution in [2.45, 2.75) is 45.7 Å². The van der Waals surface area contributed by atoms with Crippen LogP contribution >= 0.6 is 0 Å². The van der Waals surface area contributed by atoms with E-state index in [4.69, 9.17) is 10.5 Å². The van der Waals surface area contributed by atoms with E-state index in [1.165, 1.54) is 5.56 Å². The Kier molecular flexibility index (Phi) is 6.36. The van der Waals surface area contributed by atoms with E-state index in [-0.39, 0.29) is 18.0 Å². The number of carbonyl (C=O) groups excluding carboxylic acids is 1. The maximum absolute atomic E-state index is 11.4. The zero-order valence-corrected chi connectivity index (χ0v) is 12.0. The molecule has 0 bridgehead atoms. The number of nitrogens with one attached hydrogen (secondary N) is 1. The van der Waals surface area contributed by atoms with Crippen LogP contribution in [-0.4, -0.2) is 24.6 Å². The third kappa shape index (κ3) is 6.82. The van der Waals surface area contributed by atoms with Gasteiger partial charge in [-0.15, -0.1) is 0 Å². The van der Waals surface area contributed by atoms with Gasteiger partial charge in [0, 0.05) is 12.1 Å². The van der Waals surface area contributed by atoms with Crippen LogP contribution in [0.5, 0.6) is 5.75 Å². The number of ether oxygens (including phenoxy) is 1. The Hall–Kier alpha value is -1.55. The predicted octanol–water partition coefficient (Wildman–Crippen LogP) is 1.87. The molecule has 3 N–H and O–H groups in total. The van der Waals surface area contributed by atoms with Crippen LogP contribution in [0.25, 0.3) is 0 Å². The van der Waals surface area contributed by atoms with E-state index in [1.54, 1.807) is 0 Å². The van der Waals surface area contributed by atoms with Crippen molar-refractivity contribution < 1.29 is 9.53 Å². The fourth-order valence-corrected chi connectivity index (χ4v) is 1.75. The Morgan fingerprint density at radius 1 is 1.26 bits per heavy atom. The van der Waals surface area contributed by atoms with Crippen molar-refractivity contribution in [1.29, 1.82) is 0 Å². The Balaban J connectivity index is 2.32. The number of nitrogens with two attached hydrogens (primary N) is 1. The molecule has 19 heavy (non-hydrogen) atoms. The fraction of sp³-hybridized carbons (Fsp3) is 0.533. The van der Waals surface area contributed by atoms with E-state index >= 15 is 0 Å². The Labute approximate surface area is 115 Å². The molecule has 0 saturated carbocycles. The van der Waals surface area contributed by atoms with E-state index < -0.39 is 0 Å². The lowest BCUT2D eigenvalue weighted by molar-refractivity contribution is -0.122. The first-order valence-corrected chi connectivity index (χ1v) is 6.74. The lowest BCUT2D eigenvalue weighted by Gasteiger charge is -2.10. The van der Waals surface area contributed by atoms with Gasteiger partial charge in [0.05, 0.1) is 13.0 Å². The summed E-state index contributed by atoms with van der Waals surface area (Å²) in [7, 11) is 0. The lowest BCUT2D eigenvalue weighted by Crippen LogP contribution is -2.31. The zero-order valence-electron chi connectivity index (χ0n) is 12.0. The molecule has 0 aliphatic rings. The monoisotopic (exact) mass is 264 g/mol. The summed E-state index contributed by atoms with van der Waals surface area (Å²) < 4.78 is 5.53. The van der Waals surface area contributed by atoms with Crippen molar-refractivity contribution in [2.75, 3.05) is 6.61 Å². The quantitative estimate of drug-likeness (QED) is 0.790. The maximum atomic E-state index is 11.4. The highest BCUT2D eigenvalue weighted by molar-refractivity contribution is 5.76. The van der Waals surface area contributed by atoms with Crippen LogP contribution in [0.2, 0.25) is 0 Å². The molecule has 1 atom stereocenters.